The molecular weight excluding hydrogens is 937 g/mol. The monoisotopic (exact) mass is 1060 g/mol. The number of carbonyl (C=O) groups excluding carboxylic acids is 3. The lowest BCUT2D eigenvalue weighted by atomic mass is 10.0. The number of allylic oxidation sites excluding steroid dienone is 10. The van der Waals surface area contributed by atoms with Gasteiger partial charge in [-0.25, -0.2) is 0 Å². The second-order valence-corrected chi connectivity index (χ2v) is 22.4. The van der Waals surface area contributed by atoms with Gasteiger partial charge in [0.15, 0.2) is 6.10 Å². The number of carbonyl (C=O) groups is 3. The van der Waals surface area contributed by atoms with E-state index < -0.39 is 6.10 Å². The Bertz CT molecular complexity index is 1360. The summed E-state index contributed by atoms with van der Waals surface area (Å²) in [6.45, 7) is 6.49. The van der Waals surface area contributed by atoms with Gasteiger partial charge in [0.2, 0.25) is 0 Å². The van der Waals surface area contributed by atoms with Gasteiger partial charge in [-0.3, -0.25) is 14.4 Å². The van der Waals surface area contributed by atoms with Crippen LogP contribution in [0.15, 0.2) is 60.8 Å². The average molecular weight is 1060 g/mol. The zero-order chi connectivity index (χ0) is 55.0. The van der Waals surface area contributed by atoms with Crippen LogP contribution < -0.4 is 0 Å². The van der Waals surface area contributed by atoms with Gasteiger partial charge in [-0.2, -0.15) is 0 Å². The predicted molar refractivity (Wildman–Crippen MR) is 330 cm³/mol. The number of ether oxygens (including phenoxy) is 3. The maximum absolute atomic E-state index is 12.9. The topological polar surface area (TPSA) is 78.9 Å². The summed E-state index contributed by atoms with van der Waals surface area (Å²) in [4.78, 5) is 38.2. The van der Waals surface area contributed by atoms with E-state index in [9.17, 15) is 14.4 Å². The van der Waals surface area contributed by atoms with Crippen LogP contribution in [0.25, 0.3) is 0 Å². The van der Waals surface area contributed by atoms with E-state index in [0.29, 0.717) is 19.3 Å². The highest BCUT2D eigenvalue weighted by molar-refractivity contribution is 5.71. The normalized spacial score (nSPS) is 12.4. The fourth-order valence-electron chi connectivity index (χ4n) is 9.81. The molecule has 0 saturated carbocycles. The van der Waals surface area contributed by atoms with Crippen molar-refractivity contribution in [3.63, 3.8) is 0 Å². The van der Waals surface area contributed by atoms with E-state index >= 15 is 0 Å². The summed E-state index contributed by atoms with van der Waals surface area (Å²) >= 11 is 0. The highest BCUT2D eigenvalue weighted by atomic mass is 16.6. The van der Waals surface area contributed by atoms with Crippen LogP contribution in [0.1, 0.15) is 348 Å². The molecule has 0 saturated heterocycles. The summed E-state index contributed by atoms with van der Waals surface area (Å²) in [5.74, 6) is -0.974. The number of hydrogen-bond donors (Lipinski definition) is 0. The van der Waals surface area contributed by atoms with E-state index in [1.807, 2.05) is 6.08 Å². The van der Waals surface area contributed by atoms with Crippen LogP contribution in [0.5, 0.6) is 0 Å². The Morgan fingerprint density at radius 3 is 0.882 bits per heavy atom. The molecule has 0 radical (unpaired) electrons. The van der Waals surface area contributed by atoms with Gasteiger partial charge in [0.1, 0.15) is 13.2 Å². The van der Waals surface area contributed by atoms with Gasteiger partial charge in [0.25, 0.3) is 0 Å². The summed E-state index contributed by atoms with van der Waals surface area (Å²) < 4.78 is 16.8. The molecule has 1 unspecified atom stereocenters. The molecule has 1 atom stereocenters. The Kier molecular flexibility index (Phi) is 62.2. The molecule has 6 nitrogen and oxygen atoms in total. The SMILES string of the molecule is CC/C=C\C/C=C\C/C=C\C/C=C\CCC(=O)OCC(COC(=O)CCCCCCCCCCCCCCCCCCCCCCCCCCCCCCCC)OC(=O)CCCCCCC/C=C\CCCCCCCC. The molecule has 0 aliphatic heterocycles. The fraction of sp³-hybridized carbons (Fsp3) is 0.814. The van der Waals surface area contributed by atoms with Gasteiger partial charge in [-0.05, 0) is 70.6 Å². The third-order valence-corrected chi connectivity index (χ3v) is 14.8. The first-order valence-electron chi connectivity index (χ1n) is 33.3. The van der Waals surface area contributed by atoms with Crippen LogP contribution in [0.2, 0.25) is 0 Å². The Morgan fingerprint density at radius 2 is 0.539 bits per heavy atom. The smallest absolute Gasteiger partial charge is 0.306 e. The molecular formula is C70H126O6. The molecule has 0 heterocycles. The summed E-state index contributed by atoms with van der Waals surface area (Å²) in [6.07, 6.45) is 82.8. The van der Waals surface area contributed by atoms with Gasteiger partial charge in [-0.1, -0.05) is 319 Å². The minimum absolute atomic E-state index is 0.0965. The maximum atomic E-state index is 12.9. The van der Waals surface area contributed by atoms with Gasteiger partial charge < -0.3 is 14.2 Å². The zero-order valence-corrected chi connectivity index (χ0v) is 50.8. The largest absolute Gasteiger partial charge is 0.462 e. The van der Waals surface area contributed by atoms with Crippen molar-refractivity contribution < 1.29 is 28.6 Å². The highest BCUT2D eigenvalue weighted by Crippen LogP contribution is 2.18. The second-order valence-electron chi connectivity index (χ2n) is 22.4. The van der Waals surface area contributed by atoms with Gasteiger partial charge in [0.05, 0.1) is 0 Å². The van der Waals surface area contributed by atoms with Crippen molar-refractivity contribution in [3.8, 4) is 0 Å². The standard InChI is InChI=1S/C70H126O6/c1-4-7-10-13-16-19-22-25-27-28-29-30-31-32-33-34-35-36-37-38-39-40-41-43-45-48-51-54-57-60-63-69(72)75-66-67(65-74-68(71)62-59-56-53-50-47-44-24-21-18-15-12-9-6-3)76-70(73)64-61-58-55-52-49-46-42-26-23-20-17-14-11-8-5-2/h9,12,18,21,26,42,44,47,53,56,67H,4-8,10-11,13-17,19-20,22-25,27-41,43,45-46,48-52,54-55,57-66H2,1-3H3/b12-9-,21-18-,42-26-,47-44-,56-53-. The first kappa shape index (κ1) is 73.1. The van der Waals surface area contributed by atoms with E-state index in [1.165, 1.54) is 225 Å². The van der Waals surface area contributed by atoms with Crippen molar-refractivity contribution in [2.24, 2.45) is 0 Å². The van der Waals surface area contributed by atoms with E-state index in [1.54, 1.807) is 0 Å². The molecule has 0 fully saturated rings. The lowest BCUT2D eigenvalue weighted by molar-refractivity contribution is -0.166. The van der Waals surface area contributed by atoms with Gasteiger partial charge in [-0.15, -0.1) is 0 Å². The number of hydrogen-bond acceptors (Lipinski definition) is 6. The molecule has 0 aliphatic carbocycles. The van der Waals surface area contributed by atoms with Crippen molar-refractivity contribution in [1.29, 1.82) is 0 Å². The summed E-state index contributed by atoms with van der Waals surface area (Å²) in [6, 6.07) is 0. The third kappa shape index (κ3) is 62.0. The molecule has 0 amide bonds. The summed E-state index contributed by atoms with van der Waals surface area (Å²) in [5.41, 5.74) is 0. The van der Waals surface area contributed by atoms with E-state index in [4.69, 9.17) is 14.2 Å². The Morgan fingerprint density at radius 1 is 0.276 bits per heavy atom. The minimum atomic E-state index is -0.806. The quantitative estimate of drug-likeness (QED) is 0.0261. The maximum Gasteiger partial charge on any atom is 0.306 e. The Labute approximate surface area is 472 Å². The van der Waals surface area contributed by atoms with Crippen LogP contribution in [-0.2, 0) is 28.6 Å². The molecule has 76 heavy (non-hydrogen) atoms. The van der Waals surface area contributed by atoms with Crippen molar-refractivity contribution in [2.75, 3.05) is 13.2 Å². The van der Waals surface area contributed by atoms with Crippen LogP contribution in [0, 0.1) is 0 Å². The first-order valence-corrected chi connectivity index (χ1v) is 33.3. The second kappa shape index (κ2) is 64.6. The minimum Gasteiger partial charge on any atom is -0.462 e. The highest BCUT2D eigenvalue weighted by Gasteiger charge is 2.19. The number of esters is 3. The van der Waals surface area contributed by atoms with E-state index in [0.717, 1.165) is 77.0 Å². The number of rotatable bonds is 61. The summed E-state index contributed by atoms with van der Waals surface area (Å²) in [5, 5.41) is 0. The third-order valence-electron chi connectivity index (χ3n) is 14.8. The Hall–Kier alpha value is -2.89. The van der Waals surface area contributed by atoms with Crippen molar-refractivity contribution in [3.05, 3.63) is 60.8 Å². The molecule has 0 aromatic heterocycles. The molecule has 0 bridgehead atoms. The van der Waals surface area contributed by atoms with Crippen LogP contribution in [-0.4, -0.2) is 37.2 Å². The number of unbranched alkanes of at least 4 members (excludes halogenated alkanes) is 40. The molecule has 0 aliphatic rings. The Balaban J connectivity index is 4.17. The lowest BCUT2D eigenvalue weighted by Gasteiger charge is -2.18. The fourth-order valence-corrected chi connectivity index (χ4v) is 9.81. The molecule has 0 spiro atoms. The van der Waals surface area contributed by atoms with Crippen LogP contribution >= 0.6 is 0 Å². The van der Waals surface area contributed by atoms with E-state index in [-0.39, 0.29) is 37.5 Å². The molecule has 0 aromatic rings. The van der Waals surface area contributed by atoms with Crippen LogP contribution in [0.3, 0.4) is 0 Å². The summed E-state index contributed by atoms with van der Waals surface area (Å²) in [7, 11) is 0. The molecule has 0 N–H and O–H groups in total. The van der Waals surface area contributed by atoms with Gasteiger partial charge in [0, 0.05) is 19.3 Å². The first-order chi connectivity index (χ1) is 37.5. The molecule has 0 rings (SSSR count). The van der Waals surface area contributed by atoms with Gasteiger partial charge >= 0.3 is 17.9 Å². The molecule has 442 valence electrons. The average Bonchev–Trinajstić information content (AvgIpc) is 3.42. The molecule has 0 aromatic carbocycles. The van der Waals surface area contributed by atoms with Crippen molar-refractivity contribution in [1.82, 2.24) is 0 Å². The van der Waals surface area contributed by atoms with Crippen molar-refractivity contribution in [2.45, 2.75) is 354 Å². The predicted octanol–water partition coefficient (Wildman–Crippen LogP) is 22.7. The zero-order valence-electron chi connectivity index (χ0n) is 50.8. The molecule has 6 heteroatoms. The lowest BCUT2D eigenvalue weighted by Crippen LogP contribution is -2.30. The van der Waals surface area contributed by atoms with Crippen molar-refractivity contribution >= 4 is 17.9 Å². The van der Waals surface area contributed by atoms with E-state index in [2.05, 4.69) is 75.5 Å². The van der Waals surface area contributed by atoms with Crippen LogP contribution in [0.4, 0.5) is 0 Å².